The van der Waals surface area contributed by atoms with Crippen LogP contribution < -0.4 is 5.73 Å². The molecule has 120 valence electrons. The van der Waals surface area contributed by atoms with E-state index in [1.807, 2.05) is 24.3 Å². The number of likely N-dealkylation sites (tertiary alicyclic amines) is 1. The van der Waals surface area contributed by atoms with Gasteiger partial charge in [-0.25, -0.2) is 9.67 Å². The summed E-state index contributed by atoms with van der Waals surface area (Å²) in [6.07, 6.45) is 4.30. The molecule has 2 amide bonds. The first-order chi connectivity index (χ1) is 11.1. The van der Waals surface area contributed by atoms with Gasteiger partial charge in [0.1, 0.15) is 12.7 Å². The van der Waals surface area contributed by atoms with Gasteiger partial charge in [-0.3, -0.25) is 9.59 Å². The Hall–Kier alpha value is -2.70. The van der Waals surface area contributed by atoms with Gasteiger partial charge in [0.15, 0.2) is 0 Å². The minimum absolute atomic E-state index is 0.00240. The number of primary amides is 1. The number of rotatable bonds is 5. The molecule has 2 N–H and O–H groups in total. The summed E-state index contributed by atoms with van der Waals surface area (Å²) in [5.41, 5.74) is 6.88. The Kier molecular flexibility index (Phi) is 4.36. The topological polar surface area (TPSA) is 94.1 Å². The molecule has 0 bridgehead atoms. The van der Waals surface area contributed by atoms with Gasteiger partial charge >= 0.3 is 0 Å². The summed E-state index contributed by atoms with van der Waals surface area (Å²) >= 11 is 0. The van der Waals surface area contributed by atoms with Crippen LogP contribution in [0.25, 0.3) is 0 Å². The van der Waals surface area contributed by atoms with Crippen molar-refractivity contribution in [2.45, 2.75) is 19.4 Å². The summed E-state index contributed by atoms with van der Waals surface area (Å²) in [4.78, 5) is 29.3. The molecule has 0 saturated carbocycles. The van der Waals surface area contributed by atoms with E-state index in [2.05, 4.69) is 10.1 Å². The lowest BCUT2D eigenvalue weighted by Gasteiger charge is -2.17. The first-order valence-corrected chi connectivity index (χ1v) is 7.61. The highest BCUT2D eigenvalue weighted by Crippen LogP contribution is 2.21. The van der Waals surface area contributed by atoms with Crippen molar-refractivity contribution >= 4 is 11.8 Å². The van der Waals surface area contributed by atoms with Crippen LogP contribution in [-0.2, 0) is 11.3 Å². The Balaban J connectivity index is 1.67. The summed E-state index contributed by atoms with van der Waals surface area (Å²) in [5.74, 6) is -0.133. The van der Waals surface area contributed by atoms with Gasteiger partial charge in [-0.2, -0.15) is 5.10 Å². The molecule has 1 unspecified atom stereocenters. The quantitative estimate of drug-likeness (QED) is 0.877. The van der Waals surface area contributed by atoms with Crippen molar-refractivity contribution in [2.24, 2.45) is 11.7 Å². The number of hydrogen-bond donors (Lipinski definition) is 1. The van der Waals surface area contributed by atoms with E-state index in [1.165, 1.54) is 6.33 Å². The van der Waals surface area contributed by atoms with E-state index >= 15 is 0 Å². The van der Waals surface area contributed by atoms with Crippen molar-refractivity contribution < 1.29 is 9.59 Å². The summed E-state index contributed by atoms with van der Waals surface area (Å²) in [6, 6.07) is 7.52. The summed E-state index contributed by atoms with van der Waals surface area (Å²) in [5, 5.41) is 4.07. The summed E-state index contributed by atoms with van der Waals surface area (Å²) in [6.45, 7) is 1.84. The van der Waals surface area contributed by atoms with Crippen molar-refractivity contribution in [2.75, 3.05) is 13.1 Å². The van der Waals surface area contributed by atoms with Crippen molar-refractivity contribution in [3.8, 4) is 0 Å². The average molecular weight is 313 g/mol. The fourth-order valence-corrected chi connectivity index (χ4v) is 2.95. The molecule has 0 spiro atoms. The second kappa shape index (κ2) is 6.60. The highest BCUT2D eigenvalue weighted by molar-refractivity contribution is 5.94. The lowest BCUT2D eigenvalue weighted by Crippen LogP contribution is -2.29. The third kappa shape index (κ3) is 3.74. The molecule has 23 heavy (non-hydrogen) atoms. The number of aromatic nitrogens is 3. The van der Waals surface area contributed by atoms with E-state index in [-0.39, 0.29) is 17.7 Å². The normalized spacial score (nSPS) is 17.4. The summed E-state index contributed by atoms with van der Waals surface area (Å²) < 4.78 is 1.71. The van der Waals surface area contributed by atoms with Gasteiger partial charge in [0.05, 0.1) is 6.54 Å². The predicted molar refractivity (Wildman–Crippen MR) is 83.4 cm³/mol. The molecule has 1 saturated heterocycles. The molecule has 3 rings (SSSR count). The maximum atomic E-state index is 12.6. The third-order valence-electron chi connectivity index (χ3n) is 4.05. The fraction of sp³-hybridized carbons (Fsp3) is 0.375. The van der Waals surface area contributed by atoms with Gasteiger partial charge in [0.25, 0.3) is 5.91 Å². The smallest absolute Gasteiger partial charge is 0.253 e. The van der Waals surface area contributed by atoms with Gasteiger partial charge in [-0.05, 0) is 30.0 Å². The van der Waals surface area contributed by atoms with Crippen molar-refractivity contribution in [3.63, 3.8) is 0 Å². The number of carbonyl (C=O) groups excluding carboxylic acids is 2. The standard InChI is InChI=1S/C16H19N5O2/c17-15(22)7-13-4-5-20(8-13)16(23)14-3-1-2-12(6-14)9-21-11-18-10-19-21/h1-3,6,10-11,13H,4-5,7-9H2,(H2,17,22). The number of hydrogen-bond acceptors (Lipinski definition) is 4. The maximum Gasteiger partial charge on any atom is 0.253 e. The van der Waals surface area contributed by atoms with Crippen LogP contribution in [0.5, 0.6) is 0 Å². The van der Waals surface area contributed by atoms with Crippen LogP contribution in [0.1, 0.15) is 28.8 Å². The highest BCUT2D eigenvalue weighted by Gasteiger charge is 2.27. The first kappa shape index (κ1) is 15.2. The Bertz CT molecular complexity index is 698. The second-order valence-corrected chi connectivity index (χ2v) is 5.87. The molecule has 1 aliphatic heterocycles. The lowest BCUT2D eigenvalue weighted by atomic mass is 10.1. The van der Waals surface area contributed by atoms with Crippen molar-refractivity contribution in [1.82, 2.24) is 19.7 Å². The molecule has 1 fully saturated rings. The Labute approximate surface area is 134 Å². The molecule has 0 aliphatic carbocycles. The molecular formula is C16H19N5O2. The van der Waals surface area contributed by atoms with Gasteiger partial charge < -0.3 is 10.6 Å². The fourth-order valence-electron chi connectivity index (χ4n) is 2.95. The molecule has 7 heteroatoms. The zero-order chi connectivity index (χ0) is 16.2. The predicted octanol–water partition coefficient (Wildman–Crippen LogP) is 0.664. The van der Waals surface area contributed by atoms with Crippen LogP contribution in [0, 0.1) is 5.92 Å². The van der Waals surface area contributed by atoms with E-state index < -0.39 is 0 Å². The molecule has 1 aromatic heterocycles. The molecule has 0 radical (unpaired) electrons. The zero-order valence-electron chi connectivity index (χ0n) is 12.8. The van der Waals surface area contributed by atoms with Gasteiger partial charge in [0, 0.05) is 25.1 Å². The third-order valence-corrected chi connectivity index (χ3v) is 4.05. The number of benzene rings is 1. The molecule has 2 heterocycles. The van der Waals surface area contributed by atoms with Crippen LogP contribution >= 0.6 is 0 Å². The molecule has 1 aliphatic rings. The number of carbonyl (C=O) groups is 2. The van der Waals surface area contributed by atoms with E-state index in [9.17, 15) is 9.59 Å². The number of amides is 2. The molecular weight excluding hydrogens is 294 g/mol. The number of nitrogens with zero attached hydrogens (tertiary/aromatic N) is 4. The van der Waals surface area contributed by atoms with Gasteiger partial charge in [-0.1, -0.05) is 12.1 Å². The average Bonchev–Trinajstić information content (AvgIpc) is 3.18. The monoisotopic (exact) mass is 313 g/mol. The van der Waals surface area contributed by atoms with Crippen LogP contribution in [0.2, 0.25) is 0 Å². The van der Waals surface area contributed by atoms with Crippen LogP contribution in [0.15, 0.2) is 36.9 Å². The zero-order valence-corrected chi connectivity index (χ0v) is 12.8. The number of nitrogens with two attached hydrogens (primary N) is 1. The van der Waals surface area contributed by atoms with E-state index in [1.54, 1.807) is 15.9 Å². The van der Waals surface area contributed by atoms with Crippen molar-refractivity contribution in [1.29, 1.82) is 0 Å². The molecule has 1 aromatic carbocycles. The van der Waals surface area contributed by atoms with Crippen molar-refractivity contribution in [3.05, 3.63) is 48.0 Å². The Morgan fingerprint density at radius 1 is 1.35 bits per heavy atom. The largest absolute Gasteiger partial charge is 0.370 e. The molecule has 1 atom stereocenters. The molecule has 7 nitrogen and oxygen atoms in total. The minimum atomic E-state index is -0.306. The Morgan fingerprint density at radius 2 is 2.22 bits per heavy atom. The minimum Gasteiger partial charge on any atom is -0.370 e. The maximum absolute atomic E-state index is 12.6. The van der Waals surface area contributed by atoms with Crippen LogP contribution in [0.4, 0.5) is 0 Å². The van der Waals surface area contributed by atoms with Gasteiger partial charge in [0.2, 0.25) is 5.91 Å². The lowest BCUT2D eigenvalue weighted by molar-refractivity contribution is -0.118. The highest BCUT2D eigenvalue weighted by atomic mass is 16.2. The van der Waals surface area contributed by atoms with Gasteiger partial charge in [-0.15, -0.1) is 0 Å². The van der Waals surface area contributed by atoms with E-state index in [0.717, 1.165) is 12.0 Å². The Morgan fingerprint density at radius 3 is 2.96 bits per heavy atom. The SMILES string of the molecule is NC(=O)CC1CCN(C(=O)c2cccc(Cn3cncn3)c2)C1. The van der Waals surface area contributed by atoms with Crippen LogP contribution in [-0.4, -0.2) is 44.6 Å². The van der Waals surface area contributed by atoms with E-state index in [0.29, 0.717) is 31.6 Å². The van der Waals surface area contributed by atoms with E-state index in [4.69, 9.17) is 5.73 Å². The van der Waals surface area contributed by atoms with Crippen LogP contribution in [0.3, 0.4) is 0 Å². The first-order valence-electron chi connectivity index (χ1n) is 7.61. The summed E-state index contributed by atoms with van der Waals surface area (Å²) in [7, 11) is 0. The molecule has 2 aromatic rings. The second-order valence-electron chi connectivity index (χ2n) is 5.87.